The van der Waals surface area contributed by atoms with E-state index >= 15 is 8.78 Å². The van der Waals surface area contributed by atoms with Gasteiger partial charge >= 0.3 is 0 Å². The molecule has 0 bridgehead atoms. The largest absolute Gasteiger partial charge is 0.228 e. The van der Waals surface area contributed by atoms with Crippen molar-refractivity contribution in [3.8, 4) is 0 Å². The Bertz CT molecular complexity index is 1860. The molecule has 45 heavy (non-hydrogen) atoms. The van der Waals surface area contributed by atoms with Gasteiger partial charge < -0.3 is 0 Å². The molecule has 232 valence electrons. The van der Waals surface area contributed by atoms with E-state index in [-0.39, 0.29) is 11.1 Å². The van der Waals surface area contributed by atoms with Crippen LogP contribution in [0.5, 0.6) is 0 Å². The molecular formula is C38H34Cl2F2O2S. The minimum atomic E-state index is -3.85. The predicted octanol–water partition coefficient (Wildman–Crippen LogP) is 11.2. The Morgan fingerprint density at radius 3 is 1.22 bits per heavy atom. The predicted molar refractivity (Wildman–Crippen MR) is 183 cm³/mol. The fourth-order valence-corrected chi connectivity index (χ4v) is 8.41. The fraction of sp³-hybridized carbons (Fsp3) is 0.263. The molecule has 2 aliphatic rings. The van der Waals surface area contributed by atoms with Gasteiger partial charge in [-0.05, 0) is 132 Å². The summed E-state index contributed by atoms with van der Waals surface area (Å²) in [4.78, 5) is 0. The Hall–Kier alpha value is -3.25. The normalized spacial score (nSPS) is 15.4. The summed E-state index contributed by atoms with van der Waals surface area (Å²) in [6, 6.07) is 21.4. The highest BCUT2D eigenvalue weighted by Crippen LogP contribution is 2.42. The molecule has 0 saturated carbocycles. The van der Waals surface area contributed by atoms with Gasteiger partial charge in [0.2, 0.25) is 0 Å². The highest BCUT2D eigenvalue weighted by Gasteiger charge is 2.23. The molecule has 0 aliphatic heterocycles. The van der Waals surface area contributed by atoms with Gasteiger partial charge in [0.05, 0.1) is 11.5 Å². The molecule has 0 saturated heterocycles. The van der Waals surface area contributed by atoms with Crippen molar-refractivity contribution in [2.24, 2.45) is 0 Å². The quantitative estimate of drug-likeness (QED) is 0.188. The Kier molecular flexibility index (Phi) is 9.07. The van der Waals surface area contributed by atoms with Crippen LogP contribution in [0.25, 0.3) is 22.3 Å². The van der Waals surface area contributed by atoms with Crippen molar-refractivity contribution >= 4 is 55.3 Å². The van der Waals surface area contributed by atoms with Crippen molar-refractivity contribution in [1.82, 2.24) is 0 Å². The van der Waals surface area contributed by atoms with Gasteiger partial charge in [0.15, 0.2) is 9.84 Å². The number of sulfone groups is 1. The second kappa shape index (κ2) is 12.9. The monoisotopic (exact) mass is 662 g/mol. The Morgan fingerprint density at radius 2 is 0.889 bits per heavy atom. The van der Waals surface area contributed by atoms with Gasteiger partial charge in [-0.1, -0.05) is 71.7 Å². The maximum absolute atomic E-state index is 15.4. The molecule has 2 nitrogen and oxygen atoms in total. The second-order valence-electron chi connectivity index (χ2n) is 12.2. The van der Waals surface area contributed by atoms with E-state index in [1.165, 1.54) is 12.1 Å². The van der Waals surface area contributed by atoms with Crippen LogP contribution in [0.3, 0.4) is 0 Å². The van der Waals surface area contributed by atoms with E-state index in [1.807, 2.05) is 38.1 Å². The summed E-state index contributed by atoms with van der Waals surface area (Å²) in [5.74, 6) is -2.16. The summed E-state index contributed by atoms with van der Waals surface area (Å²) in [7, 11) is -3.85. The third kappa shape index (κ3) is 6.82. The van der Waals surface area contributed by atoms with Crippen molar-refractivity contribution < 1.29 is 17.2 Å². The van der Waals surface area contributed by atoms with Gasteiger partial charge in [0.25, 0.3) is 0 Å². The van der Waals surface area contributed by atoms with Gasteiger partial charge in [-0.15, -0.1) is 0 Å². The zero-order valence-electron chi connectivity index (χ0n) is 25.3. The lowest BCUT2D eigenvalue weighted by atomic mass is 9.95. The maximum Gasteiger partial charge on any atom is 0.158 e. The molecule has 0 radical (unpaired) electrons. The number of aryl methyl sites for hydroxylation is 2. The zero-order valence-corrected chi connectivity index (χ0v) is 27.7. The first-order valence-electron chi connectivity index (χ1n) is 15.2. The number of halogens is 4. The molecule has 4 aromatic rings. The van der Waals surface area contributed by atoms with E-state index in [4.69, 9.17) is 23.2 Å². The van der Waals surface area contributed by atoms with Crippen molar-refractivity contribution in [1.29, 1.82) is 0 Å². The summed E-state index contributed by atoms with van der Waals surface area (Å²) in [5.41, 5.74) is 10.3. The van der Waals surface area contributed by atoms with E-state index in [0.717, 1.165) is 94.2 Å². The number of rotatable bonds is 8. The Morgan fingerprint density at radius 1 is 0.556 bits per heavy atom. The standard InChI is InChI=1S/C38H34Cl2F2O2S/c1-23-17-25(13-15-35(23)39)31-5-3-7-33(31)27-9-11-29(37(41)19-27)21-45(43,44)22-30-12-10-28(20-38(30)42)34-8-4-6-32(34)26-14-16-36(40)24(2)18-26/h9-20H,3-8,21-22H2,1-2H3. The average Bonchev–Trinajstić information content (AvgIpc) is 3.69. The molecule has 0 amide bonds. The lowest BCUT2D eigenvalue weighted by Crippen LogP contribution is -2.10. The van der Waals surface area contributed by atoms with Crippen LogP contribution >= 0.6 is 23.2 Å². The van der Waals surface area contributed by atoms with Gasteiger partial charge in [-0.3, -0.25) is 0 Å². The molecule has 0 heterocycles. The van der Waals surface area contributed by atoms with Crippen LogP contribution in [0.15, 0.2) is 72.8 Å². The lowest BCUT2D eigenvalue weighted by molar-refractivity contribution is 0.580. The topological polar surface area (TPSA) is 34.1 Å². The van der Waals surface area contributed by atoms with Crippen LogP contribution in [-0.2, 0) is 21.3 Å². The molecule has 0 unspecified atom stereocenters. The van der Waals surface area contributed by atoms with Crippen molar-refractivity contribution in [2.45, 2.75) is 63.9 Å². The van der Waals surface area contributed by atoms with Crippen LogP contribution in [0.1, 0.15) is 83.0 Å². The first-order valence-corrected chi connectivity index (χ1v) is 17.8. The molecule has 4 aromatic carbocycles. The smallest absolute Gasteiger partial charge is 0.158 e. The second-order valence-corrected chi connectivity index (χ2v) is 15.1. The maximum atomic E-state index is 15.4. The van der Waals surface area contributed by atoms with Crippen LogP contribution in [0.4, 0.5) is 8.78 Å². The van der Waals surface area contributed by atoms with Crippen LogP contribution in [0.2, 0.25) is 10.0 Å². The van der Waals surface area contributed by atoms with Gasteiger partial charge in [-0.2, -0.15) is 0 Å². The fourth-order valence-electron chi connectivity index (χ4n) is 6.66. The van der Waals surface area contributed by atoms with Crippen LogP contribution in [0, 0.1) is 25.5 Å². The zero-order chi connectivity index (χ0) is 31.9. The number of hydrogen-bond acceptors (Lipinski definition) is 2. The summed E-state index contributed by atoms with van der Waals surface area (Å²) in [6.07, 6.45) is 5.35. The van der Waals surface area contributed by atoms with E-state index in [9.17, 15) is 8.42 Å². The van der Waals surface area contributed by atoms with Crippen molar-refractivity contribution in [3.05, 3.63) is 139 Å². The first-order chi connectivity index (χ1) is 21.5. The SMILES string of the molecule is Cc1cc(C2=C(c3ccc(CS(=O)(=O)Cc4ccc(C5=C(c6ccc(Cl)c(C)c6)CCC5)cc4F)c(F)c3)CCC2)ccc1Cl. The number of benzene rings is 4. The highest BCUT2D eigenvalue weighted by molar-refractivity contribution is 7.89. The van der Waals surface area contributed by atoms with Gasteiger partial charge in [0.1, 0.15) is 11.6 Å². The summed E-state index contributed by atoms with van der Waals surface area (Å²) in [6.45, 7) is 3.92. The summed E-state index contributed by atoms with van der Waals surface area (Å²) >= 11 is 12.4. The van der Waals surface area contributed by atoms with Gasteiger partial charge in [-0.25, -0.2) is 17.2 Å². The van der Waals surface area contributed by atoms with Gasteiger partial charge in [0, 0.05) is 21.2 Å². The summed E-state index contributed by atoms with van der Waals surface area (Å²) < 4.78 is 57.1. The molecule has 0 aromatic heterocycles. The minimum absolute atomic E-state index is 0.0808. The number of hydrogen-bond donors (Lipinski definition) is 0. The van der Waals surface area contributed by atoms with Crippen LogP contribution < -0.4 is 0 Å². The summed E-state index contributed by atoms with van der Waals surface area (Å²) in [5, 5.41) is 1.41. The molecular weight excluding hydrogens is 629 g/mol. The molecule has 2 aliphatic carbocycles. The van der Waals surface area contributed by atoms with E-state index in [1.54, 1.807) is 24.3 Å². The third-order valence-corrected chi connectivity index (χ3v) is 11.4. The molecule has 0 atom stereocenters. The van der Waals surface area contributed by atoms with E-state index in [0.29, 0.717) is 10.0 Å². The molecule has 7 heteroatoms. The molecule has 0 N–H and O–H groups in total. The van der Waals surface area contributed by atoms with Crippen LogP contribution in [-0.4, -0.2) is 8.42 Å². The molecule has 6 rings (SSSR count). The third-order valence-electron chi connectivity index (χ3n) is 9.00. The lowest BCUT2D eigenvalue weighted by Gasteiger charge is -2.13. The number of allylic oxidation sites excluding steroid dienone is 4. The van der Waals surface area contributed by atoms with Crippen molar-refractivity contribution in [3.63, 3.8) is 0 Å². The first kappa shape index (κ1) is 31.7. The average molecular weight is 664 g/mol. The van der Waals surface area contributed by atoms with E-state index in [2.05, 4.69) is 12.1 Å². The highest BCUT2D eigenvalue weighted by atomic mass is 35.5. The van der Waals surface area contributed by atoms with E-state index < -0.39 is 33.0 Å². The minimum Gasteiger partial charge on any atom is -0.228 e. The molecule has 0 spiro atoms. The Balaban J connectivity index is 1.20. The Labute approximate surface area is 274 Å². The van der Waals surface area contributed by atoms with Crippen molar-refractivity contribution in [2.75, 3.05) is 0 Å². The molecule has 0 fully saturated rings.